The highest BCUT2D eigenvalue weighted by Crippen LogP contribution is 2.28. The minimum absolute atomic E-state index is 0.0228. The number of esters is 1. The first-order valence-corrected chi connectivity index (χ1v) is 10.5. The number of hydrogen-bond donors (Lipinski definition) is 1. The SMILES string of the molecule is O=C(COc1ccc(Cl)cc1Cl)OCC#C/C=C(\CCOc1ccc(Cl)cc1Cl)C(=O)O. The molecule has 1 N–H and O–H groups in total. The van der Waals surface area contributed by atoms with Crippen LogP contribution in [-0.2, 0) is 14.3 Å². The molecule has 32 heavy (non-hydrogen) atoms. The summed E-state index contributed by atoms with van der Waals surface area (Å²) >= 11 is 23.5. The second kappa shape index (κ2) is 13.1. The Kier molecular flexibility index (Phi) is 10.5. The molecular formula is C22H16Cl4O6. The largest absolute Gasteiger partial charge is 0.492 e. The molecule has 0 aromatic heterocycles. The second-order valence-electron chi connectivity index (χ2n) is 5.99. The van der Waals surface area contributed by atoms with Gasteiger partial charge in [-0.2, -0.15) is 0 Å². The van der Waals surface area contributed by atoms with Crippen molar-refractivity contribution in [2.75, 3.05) is 19.8 Å². The first-order chi connectivity index (χ1) is 15.3. The van der Waals surface area contributed by atoms with Crippen molar-refractivity contribution >= 4 is 58.3 Å². The van der Waals surface area contributed by atoms with Gasteiger partial charge in [-0.25, -0.2) is 9.59 Å². The number of carboxylic acids is 1. The summed E-state index contributed by atoms with van der Waals surface area (Å²) in [6.07, 6.45) is 1.30. The summed E-state index contributed by atoms with van der Waals surface area (Å²) in [6.45, 7) is -0.540. The lowest BCUT2D eigenvalue weighted by Crippen LogP contribution is -2.15. The summed E-state index contributed by atoms with van der Waals surface area (Å²) in [6, 6.07) is 9.30. The van der Waals surface area contributed by atoms with Gasteiger partial charge >= 0.3 is 11.9 Å². The zero-order chi connectivity index (χ0) is 23.5. The zero-order valence-corrected chi connectivity index (χ0v) is 19.4. The average molecular weight is 518 g/mol. The molecule has 0 fully saturated rings. The van der Waals surface area contributed by atoms with Gasteiger partial charge in [-0.15, -0.1) is 0 Å². The van der Waals surface area contributed by atoms with Gasteiger partial charge in [-0.1, -0.05) is 58.2 Å². The van der Waals surface area contributed by atoms with Gasteiger partial charge in [0.05, 0.1) is 16.7 Å². The lowest BCUT2D eigenvalue weighted by atomic mass is 10.2. The van der Waals surface area contributed by atoms with E-state index in [-0.39, 0.29) is 42.6 Å². The number of hydrogen-bond acceptors (Lipinski definition) is 5. The van der Waals surface area contributed by atoms with E-state index in [9.17, 15) is 14.7 Å². The fourth-order valence-corrected chi connectivity index (χ4v) is 3.10. The predicted octanol–water partition coefficient (Wildman–Crippen LogP) is 5.71. The highest BCUT2D eigenvalue weighted by Gasteiger charge is 2.09. The molecule has 6 nitrogen and oxygen atoms in total. The van der Waals surface area contributed by atoms with Crippen LogP contribution in [0.25, 0.3) is 0 Å². The lowest BCUT2D eigenvalue weighted by molar-refractivity contribution is -0.144. The van der Waals surface area contributed by atoms with Gasteiger partial charge in [0.25, 0.3) is 0 Å². The van der Waals surface area contributed by atoms with Crippen LogP contribution >= 0.6 is 46.4 Å². The molecule has 0 radical (unpaired) electrons. The van der Waals surface area contributed by atoms with Gasteiger partial charge in [-0.3, -0.25) is 0 Å². The van der Waals surface area contributed by atoms with Crippen molar-refractivity contribution in [3.8, 4) is 23.3 Å². The molecule has 0 unspecified atom stereocenters. The van der Waals surface area contributed by atoms with E-state index in [1.165, 1.54) is 24.3 Å². The van der Waals surface area contributed by atoms with E-state index in [0.29, 0.717) is 20.8 Å². The standard InChI is InChI=1S/C22H16Cl4O6/c23-15-4-6-19(17(25)11-15)30-10-8-14(22(28)29)3-1-2-9-31-21(27)13-32-20-7-5-16(24)12-18(20)26/h3-7,11-12H,8-10,13H2,(H,28,29)/b14-3+. The molecule has 0 aliphatic rings. The number of carbonyl (C=O) groups excluding carboxylic acids is 1. The first-order valence-electron chi connectivity index (χ1n) is 8.98. The molecule has 0 bridgehead atoms. The van der Waals surface area contributed by atoms with Gasteiger partial charge < -0.3 is 19.3 Å². The third-order valence-electron chi connectivity index (χ3n) is 3.69. The zero-order valence-electron chi connectivity index (χ0n) is 16.4. The Morgan fingerprint density at radius 3 is 2.09 bits per heavy atom. The molecule has 0 atom stereocenters. The number of halogens is 4. The Bertz CT molecular complexity index is 1070. The number of allylic oxidation sites excluding steroid dienone is 1. The highest BCUT2D eigenvalue weighted by atomic mass is 35.5. The predicted molar refractivity (Wildman–Crippen MR) is 123 cm³/mol. The third kappa shape index (κ3) is 8.89. The number of carboxylic acid groups (broad SMARTS) is 1. The number of benzene rings is 2. The van der Waals surface area contributed by atoms with E-state index in [0.717, 1.165) is 0 Å². The molecule has 0 heterocycles. The van der Waals surface area contributed by atoms with Crippen molar-refractivity contribution in [1.29, 1.82) is 0 Å². The van der Waals surface area contributed by atoms with Crippen LogP contribution in [0, 0.1) is 11.8 Å². The van der Waals surface area contributed by atoms with Gasteiger partial charge in [0.2, 0.25) is 0 Å². The molecule has 0 spiro atoms. The molecule has 0 saturated carbocycles. The molecule has 0 amide bonds. The Morgan fingerprint density at radius 2 is 1.53 bits per heavy atom. The van der Waals surface area contributed by atoms with Crippen LogP contribution in [0.2, 0.25) is 20.1 Å². The van der Waals surface area contributed by atoms with Crippen molar-refractivity contribution in [1.82, 2.24) is 0 Å². The van der Waals surface area contributed by atoms with E-state index < -0.39 is 11.9 Å². The summed E-state index contributed by atoms with van der Waals surface area (Å²) in [7, 11) is 0. The summed E-state index contributed by atoms with van der Waals surface area (Å²) in [5.41, 5.74) is 0.0228. The van der Waals surface area contributed by atoms with Crippen LogP contribution in [0.5, 0.6) is 11.5 Å². The summed E-state index contributed by atoms with van der Waals surface area (Å²) in [5, 5.41) is 10.8. The molecule has 0 saturated heterocycles. The van der Waals surface area contributed by atoms with Crippen molar-refractivity contribution < 1.29 is 28.9 Å². The van der Waals surface area contributed by atoms with E-state index in [1.54, 1.807) is 18.2 Å². The summed E-state index contributed by atoms with van der Waals surface area (Å²) in [4.78, 5) is 23.0. The molecule has 0 aliphatic heterocycles. The molecule has 2 aromatic rings. The fraction of sp³-hybridized carbons (Fsp3) is 0.182. The molecular weight excluding hydrogens is 502 g/mol. The minimum Gasteiger partial charge on any atom is -0.492 e. The van der Waals surface area contributed by atoms with Gasteiger partial charge in [0, 0.05) is 22.0 Å². The normalized spacial score (nSPS) is 10.7. The quantitative estimate of drug-likeness (QED) is 0.261. The molecule has 2 aromatic carbocycles. The maximum absolute atomic E-state index is 11.7. The van der Waals surface area contributed by atoms with E-state index in [4.69, 9.17) is 60.6 Å². The van der Waals surface area contributed by atoms with E-state index in [1.807, 2.05) is 0 Å². The van der Waals surface area contributed by atoms with Crippen molar-refractivity contribution in [2.45, 2.75) is 6.42 Å². The molecule has 2 rings (SSSR count). The molecule has 0 aliphatic carbocycles. The Morgan fingerprint density at radius 1 is 0.938 bits per heavy atom. The highest BCUT2D eigenvalue weighted by molar-refractivity contribution is 6.36. The van der Waals surface area contributed by atoms with Gasteiger partial charge in [0.15, 0.2) is 13.2 Å². The molecule has 10 heteroatoms. The van der Waals surface area contributed by atoms with Crippen LogP contribution < -0.4 is 9.47 Å². The molecule has 168 valence electrons. The minimum atomic E-state index is -1.14. The van der Waals surface area contributed by atoms with Crippen molar-refractivity contribution in [2.24, 2.45) is 0 Å². The van der Waals surface area contributed by atoms with Crippen LogP contribution in [0.3, 0.4) is 0 Å². The number of rotatable bonds is 9. The maximum atomic E-state index is 11.7. The number of aliphatic carboxylic acids is 1. The van der Waals surface area contributed by atoms with E-state index in [2.05, 4.69) is 11.8 Å². The Balaban J connectivity index is 1.77. The second-order valence-corrected chi connectivity index (χ2v) is 7.68. The number of carbonyl (C=O) groups is 2. The third-order valence-corrected chi connectivity index (χ3v) is 4.75. The van der Waals surface area contributed by atoms with Crippen molar-refractivity contribution in [3.05, 3.63) is 68.1 Å². The average Bonchev–Trinajstić information content (AvgIpc) is 2.72. The van der Waals surface area contributed by atoms with Gasteiger partial charge in [-0.05, 0) is 42.5 Å². The maximum Gasteiger partial charge on any atom is 0.345 e. The van der Waals surface area contributed by atoms with Crippen LogP contribution in [0.15, 0.2) is 48.0 Å². The Hall–Kier alpha value is -2.56. The van der Waals surface area contributed by atoms with Crippen LogP contribution in [0.4, 0.5) is 0 Å². The summed E-state index contributed by atoms with van der Waals surface area (Å²) in [5.74, 6) is 3.93. The monoisotopic (exact) mass is 516 g/mol. The topological polar surface area (TPSA) is 82.1 Å². The number of ether oxygens (including phenoxy) is 3. The van der Waals surface area contributed by atoms with E-state index >= 15 is 0 Å². The van der Waals surface area contributed by atoms with Crippen LogP contribution in [-0.4, -0.2) is 36.9 Å². The smallest absolute Gasteiger partial charge is 0.345 e. The Labute approximate surface area is 204 Å². The van der Waals surface area contributed by atoms with Gasteiger partial charge in [0.1, 0.15) is 11.5 Å². The lowest BCUT2D eigenvalue weighted by Gasteiger charge is -2.08. The fourth-order valence-electron chi connectivity index (χ4n) is 2.17. The van der Waals surface area contributed by atoms with Crippen LogP contribution in [0.1, 0.15) is 6.42 Å². The van der Waals surface area contributed by atoms with Crippen molar-refractivity contribution in [3.63, 3.8) is 0 Å². The summed E-state index contributed by atoms with van der Waals surface area (Å²) < 4.78 is 15.6. The first kappa shape index (κ1) is 25.7.